The Hall–Kier alpha value is -1.00. The number of hydrogen-bond donors (Lipinski definition) is 2. The van der Waals surface area contributed by atoms with Gasteiger partial charge in [0.1, 0.15) is 6.61 Å². The first kappa shape index (κ1) is 18.4. The van der Waals surface area contributed by atoms with Crippen LogP contribution in [0.4, 0.5) is 0 Å². The van der Waals surface area contributed by atoms with Gasteiger partial charge in [-0.25, -0.2) is 0 Å². The highest BCUT2D eigenvalue weighted by Gasteiger charge is 2.67. The Morgan fingerprint density at radius 1 is 1.19 bits per heavy atom. The number of hydrogen-bond acceptors (Lipinski definition) is 4. The number of rotatable bonds is 2. The van der Waals surface area contributed by atoms with Crippen molar-refractivity contribution in [3.05, 3.63) is 11.6 Å². The molecule has 0 aromatic heterocycles. The second kappa shape index (κ2) is 5.75. The molecule has 26 heavy (non-hydrogen) atoms. The molecule has 3 fully saturated rings. The van der Waals surface area contributed by atoms with Crippen LogP contribution in [0.15, 0.2) is 11.6 Å². The van der Waals surface area contributed by atoms with Crippen molar-refractivity contribution in [2.24, 2.45) is 34.5 Å². The van der Waals surface area contributed by atoms with Gasteiger partial charge >= 0.3 is 0 Å². The summed E-state index contributed by atoms with van der Waals surface area (Å²) in [5.41, 5.74) is -0.0741. The SMILES string of the molecule is CC1C[C@H]2[C@@H]3CCC4=CC(=O)CC[C@]4(C)[C@@]3(O)CC[C@]2(C)[C@H]1C(=O)CO. The van der Waals surface area contributed by atoms with E-state index in [9.17, 15) is 19.8 Å². The quantitative estimate of drug-likeness (QED) is 0.794. The number of ketones is 2. The minimum absolute atomic E-state index is 0.0289. The first-order valence-electron chi connectivity index (χ1n) is 10.3. The predicted octanol–water partition coefficient (Wildman–Crippen LogP) is 3.06. The number of carbonyl (C=O) groups is 2. The van der Waals surface area contributed by atoms with E-state index in [1.807, 2.05) is 0 Å². The van der Waals surface area contributed by atoms with E-state index < -0.39 is 5.60 Å². The fraction of sp³-hybridized carbons (Fsp3) is 0.818. The molecule has 4 nitrogen and oxygen atoms in total. The van der Waals surface area contributed by atoms with Crippen LogP contribution in [0.2, 0.25) is 0 Å². The Morgan fingerprint density at radius 3 is 2.62 bits per heavy atom. The average molecular weight is 360 g/mol. The zero-order chi connectivity index (χ0) is 18.9. The largest absolute Gasteiger partial charge is 0.389 e. The lowest BCUT2D eigenvalue weighted by Crippen LogP contribution is -2.63. The molecule has 4 aliphatic rings. The molecule has 0 aliphatic heterocycles. The van der Waals surface area contributed by atoms with Gasteiger partial charge in [-0.05, 0) is 67.8 Å². The predicted molar refractivity (Wildman–Crippen MR) is 98.3 cm³/mol. The molecule has 0 amide bonds. The van der Waals surface area contributed by atoms with Crippen LogP contribution in [0.3, 0.4) is 0 Å². The molecule has 0 aromatic rings. The van der Waals surface area contributed by atoms with Crippen LogP contribution in [0.5, 0.6) is 0 Å². The highest BCUT2D eigenvalue weighted by molar-refractivity contribution is 5.91. The molecule has 2 N–H and O–H groups in total. The van der Waals surface area contributed by atoms with Crippen molar-refractivity contribution in [1.29, 1.82) is 0 Å². The Labute approximate surface area is 156 Å². The maximum Gasteiger partial charge on any atom is 0.162 e. The molecule has 144 valence electrons. The second-order valence-electron chi connectivity index (χ2n) is 9.96. The lowest BCUT2D eigenvalue weighted by Gasteiger charge is -2.62. The third-order valence-corrected chi connectivity index (χ3v) is 8.99. The topological polar surface area (TPSA) is 74.6 Å². The minimum atomic E-state index is -0.779. The Bertz CT molecular complexity index is 682. The van der Waals surface area contributed by atoms with Crippen molar-refractivity contribution < 1.29 is 19.8 Å². The summed E-state index contributed by atoms with van der Waals surface area (Å²) in [6, 6.07) is 0. The molecule has 0 heterocycles. The molecule has 0 aromatic carbocycles. The van der Waals surface area contributed by atoms with Gasteiger partial charge < -0.3 is 10.2 Å². The Balaban J connectivity index is 1.73. The highest BCUT2D eigenvalue weighted by atomic mass is 16.3. The molecule has 4 rings (SSSR count). The fourth-order valence-electron chi connectivity index (χ4n) is 7.65. The summed E-state index contributed by atoms with van der Waals surface area (Å²) in [5.74, 6) is 0.815. The third kappa shape index (κ3) is 2.15. The van der Waals surface area contributed by atoms with Crippen molar-refractivity contribution in [2.75, 3.05) is 6.61 Å². The Morgan fingerprint density at radius 2 is 1.92 bits per heavy atom. The lowest BCUT2D eigenvalue weighted by atomic mass is 9.44. The molecular weight excluding hydrogens is 328 g/mol. The normalized spacial score (nSPS) is 50.5. The molecule has 4 aliphatic carbocycles. The first-order valence-corrected chi connectivity index (χ1v) is 10.3. The van der Waals surface area contributed by atoms with Crippen molar-refractivity contribution >= 4 is 11.6 Å². The van der Waals surface area contributed by atoms with Gasteiger partial charge in [0.2, 0.25) is 0 Å². The molecule has 0 radical (unpaired) electrons. The van der Waals surface area contributed by atoms with E-state index in [4.69, 9.17) is 0 Å². The monoisotopic (exact) mass is 360 g/mol. The average Bonchev–Trinajstić information content (AvgIpc) is 2.86. The fourth-order valence-corrected chi connectivity index (χ4v) is 7.65. The maximum atomic E-state index is 12.5. The summed E-state index contributed by atoms with van der Waals surface area (Å²) in [4.78, 5) is 24.4. The minimum Gasteiger partial charge on any atom is -0.389 e. The van der Waals surface area contributed by atoms with Gasteiger partial charge in [0.05, 0.1) is 5.60 Å². The van der Waals surface area contributed by atoms with Crippen LogP contribution >= 0.6 is 0 Å². The molecular formula is C22H32O4. The zero-order valence-corrected chi connectivity index (χ0v) is 16.3. The summed E-state index contributed by atoms with van der Waals surface area (Å²) in [6.45, 7) is 6.14. The number of fused-ring (bicyclic) bond motifs is 5. The maximum absolute atomic E-state index is 12.5. The van der Waals surface area contributed by atoms with Gasteiger partial charge in [0, 0.05) is 17.8 Å². The smallest absolute Gasteiger partial charge is 0.162 e. The van der Waals surface area contributed by atoms with E-state index >= 15 is 0 Å². The summed E-state index contributed by atoms with van der Waals surface area (Å²) in [6.07, 6.45) is 7.32. The number of Topliss-reactive ketones (excluding diaryl/α,β-unsaturated/α-hetero) is 1. The summed E-state index contributed by atoms with van der Waals surface area (Å²) >= 11 is 0. The zero-order valence-electron chi connectivity index (χ0n) is 16.3. The molecule has 0 saturated heterocycles. The number of aliphatic hydroxyl groups is 2. The van der Waals surface area contributed by atoms with Crippen LogP contribution in [-0.4, -0.2) is 34.0 Å². The van der Waals surface area contributed by atoms with Crippen LogP contribution in [0, 0.1) is 34.5 Å². The number of carbonyl (C=O) groups excluding carboxylic acids is 2. The molecule has 0 spiro atoms. The van der Waals surface area contributed by atoms with Crippen molar-refractivity contribution in [3.63, 3.8) is 0 Å². The number of aliphatic hydroxyl groups excluding tert-OH is 1. The van der Waals surface area contributed by atoms with Gasteiger partial charge in [-0.3, -0.25) is 9.59 Å². The van der Waals surface area contributed by atoms with Crippen molar-refractivity contribution in [1.82, 2.24) is 0 Å². The van der Waals surface area contributed by atoms with Crippen LogP contribution in [-0.2, 0) is 9.59 Å². The van der Waals surface area contributed by atoms with Crippen LogP contribution in [0.1, 0.15) is 65.7 Å². The van der Waals surface area contributed by atoms with Crippen molar-refractivity contribution in [3.8, 4) is 0 Å². The van der Waals surface area contributed by atoms with E-state index in [1.54, 1.807) is 6.08 Å². The lowest BCUT2D eigenvalue weighted by molar-refractivity contribution is -0.192. The van der Waals surface area contributed by atoms with E-state index in [-0.39, 0.29) is 46.8 Å². The van der Waals surface area contributed by atoms with E-state index in [0.29, 0.717) is 18.8 Å². The van der Waals surface area contributed by atoms with E-state index in [2.05, 4.69) is 20.8 Å². The summed E-state index contributed by atoms with van der Waals surface area (Å²) < 4.78 is 0. The van der Waals surface area contributed by atoms with Crippen LogP contribution in [0.25, 0.3) is 0 Å². The summed E-state index contributed by atoms with van der Waals surface area (Å²) in [7, 11) is 0. The van der Waals surface area contributed by atoms with Gasteiger partial charge in [0.15, 0.2) is 11.6 Å². The third-order valence-electron chi connectivity index (χ3n) is 8.99. The van der Waals surface area contributed by atoms with Crippen molar-refractivity contribution in [2.45, 2.75) is 71.3 Å². The van der Waals surface area contributed by atoms with E-state index in [1.165, 1.54) is 0 Å². The van der Waals surface area contributed by atoms with Gasteiger partial charge in [-0.1, -0.05) is 26.3 Å². The highest BCUT2D eigenvalue weighted by Crippen LogP contribution is 2.69. The molecule has 4 heteroatoms. The van der Waals surface area contributed by atoms with Gasteiger partial charge in [-0.2, -0.15) is 0 Å². The molecule has 0 bridgehead atoms. The molecule has 7 atom stereocenters. The first-order chi connectivity index (χ1) is 12.2. The van der Waals surface area contributed by atoms with Gasteiger partial charge in [0.25, 0.3) is 0 Å². The summed E-state index contributed by atoms with van der Waals surface area (Å²) in [5, 5.41) is 21.5. The van der Waals surface area contributed by atoms with E-state index in [0.717, 1.165) is 37.7 Å². The standard InChI is InChI=1S/C22H32O4/c1-13-10-17-16-5-4-14-11-15(24)6-7-21(14,3)22(16,26)9-8-20(17,2)19(13)18(25)12-23/h11,13,16-17,19,23,26H,4-10,12H2,1-3H3/t13?,16-,17-,19+,20-,21-,22+/m0/s1. The Kier molecular flexibility index (Phi) is 4.06. The molecule has 1 unspecified atom stereocenters. The second-order valence-corrected chi connectivity index (χ2v) is 9.96. The molecule has 3 saturated carbocycles. The van der Waals surface area contributed by atoms with Crippen LogP contribution < -0.4 is 0 Å². The van der Waals surface area contributed by atoms with Gasteiger partial charge in [-0.15, -0.1) is 0 Å².